The van der Waals surface area contributed by atoms with Crippen molar-refractivity contribution in [3.8, 4) is 0 Å². The van der Waals surface area contributed by atoms with Crippen LogP contribution in [0.4, 0.5) is 5.69 Å². The van der Waals surface area contributed by atoms with Crippen molar-refractivity contribution in [3.05, 3.63) is 24.3 Å². The number of anilines is 1. The van der Waals surface area contributed by atoms with Crippen molar-refractivity contribution in [3.63, 3.8) is 0 Å². The average Bonchev–Trinajstić information content (AvgIpc) is 2.75. The quantitative estimate of drug-likeness (QED) is 0.616. The molecule has 178 valence electrons. The molecule has 0 radical (unpaired) electrons. The molecule has 0 aromatic heterocycles. The number of carbonyl (C=O) groups excluding carboxylic acids is 2. The number of hydrogen-bond donors (Lipinski definition) is 2. The SMILES string of the molecule is CC(=O)Nc1ccc(S(=O)(=O)N2CCC(CC(=O)NCCN3CCCCC3C)CC2)cc1. The second-order valence-corrected chi connectivity index (χ2v) is 10.9. The molecule has 1 aromatic carbocycles. The lowest BCUT2D eigenvalue weighted by atomic mass is 9.94. The Hall–Kier alpha value is -1.97. The summed E-state index contributed by atoms with van der Waals surface area (Å²) in [6.45, 7) is 7.16. The average molecular weight is 465 g/mol. The minimum atomic E-state index is -3.58. The third kappa shape index (κ3) is 6.76. The Bertz CT molecular complexity index is 880. The van der Waals surface area contributed by atoms with Gasteiger partial charge in [0.1, 0.15) is 0 Å². The van der Waals surface area contributed by atoms with Crippen LogP contribution in [0.15, 0.2) is 29.2 Å². The summed E-state index contributed by atoms with van der Waals surface area (Å²) < 4.78 is 27.3. The fourth-order valence-electron chi connectivity index (χ4n) is 4.58. The topological polar surface area (TPSA) is 98.8 Å². The molecule has 3 rings (SSSR count). The number of nitrogens with one attached hydrogen (secondary N) is 2. The van der Waals surface area contributed by atoms with Gasteiger partial charge >= 0.3 is 0 Å². The second kappa shape index (κ2) is 11.2. The van der Waals surface area contributed by atoms with Gasteiger partial charge in [0, 0.05) is 51.3 Å². The largest absolute Gasteiger partial charge is 0.355 e. The maximum Gasteiger partial charge on any atom is 0.243 e. The van der Waals surface area contributed by atoms with Crippen LogP contribution in [-0.4, -0.2) is 68.2 Å². The van der Waals surface area contributed by atoms with E-state index in [1.54, 1.807) is 12.1 Å². The highest BCUT2D eigenvalue weighted by Crippen LogP contribution is 2.26. The Kier molecular flexibility index (Phi) is 8.67. The normalized spacial score (nSPS) is 21.2. The van der Waals surface area contributed by atoms with Gasteiger partial charge in [-0.05, 0) is 69.3 Å². The smallest absolute Gasteiger partial charge is 0.243 e. The van der Waals surface area contributed by atoms with Crippen molar-refractivity contribution in [2.45, 2.75) is 63.3 Å². The lowest BCUT2D eigenvalue weighted by molar-refractivity contribution is -0.122. The lowest BCUT2D eigenvalue weighted by Gasteiger charge is -2.33. The third-order valence-electron chi connectivity index (χ3n) is 6.52. The number of benzene rings is 1. The minimum absolute atomic E-state index is 0.0597. The molecular formula is C23H36N4O4S. The van der Waals surface area contributed by atoms with Crippen molar-refractivity contribution in [1.82, 2.24) is 14.5 Å². The van der Waals surface area contributed by atoms with E-state index >= 15 is 0 Å². The molecule has 2 N–H and O–H groups in total. The first-order valence-corrected chi connectivity index (χ1v) is 13.1. The highest BCUT2D eigenvalue weighted by molar-refractivity contribution is 7.89. The zero-order valence-electron chi connectivity index (χ0n) is 19.2. The molecule has 2 heterocycles. The van der Waals surface area contributed by atoms with Gasteiger partial charge in [-0.3, -0.25) is 14.5 Å². The van der Waals surface area contributed by atoms with E-state index in [0.717, 1.165) is 13.1 Å². The minimum Gasteiger partial charge on any atom is -0.355 e. The molecule has 0 aliphatic carbocycles. The van der Waals surface area contributed by atoms with Crippen LogP contribution < -0.4 is 10.6 Å². The van der Waals surface area contributed by atoms with Crippen LogP contribution in [0.5, 0.6) is 0 Å². The Morgan fingerprint density at radius 1 is 1.03 bits per heavy atom. The van der Waals surface area contributed by atoms with Crippen LogP contribution in [0.3, 0.4) is 0 Å². The number of rotatable bonds is 8. The number of nitrogens with zero attached hydrogens (tertiary/aromatic N) is 2. The zero-order valence-corrected chi connectivity index (χ0v) is 20.0. The van der Waals surface area contributed by atoms with Crippen LogP contribution in [-0.2, 0) is 19.6 Å². The van der Waals surface area contributed by atoms with E-state index in [1.165, 1.54) is 42.6 Å². The van der Waals surface area contributed by atoms with Crippen LogP contribution in [0, 0.1) is 5.92 Å². The van der Waals surface area contributed by atoms with E-state index in [4.69, 9.17) is 0 Å². The van der Waals surface area contributed by atoms with Gasteiger partial charge < -0.3 is 10.6 Å². The van der Waals surface area contributed by atoms with Gasteiger partial charge in [0.05, 0.1) is 4.90 Å². The summed E-state index contributed by atoms with van der Waals surface area (Å²) >= 11 is 0. The van der Waals surface area contributed by atoms with E-state index < -0.39 is 10.0 Å². The summed E-state index contributed by atoms with van der Waals surface area (Å²) in [5.41, 5.74) is 0.566. The van der Waals surface area contributed by atoms with Crippen LogP contribution in [0.2, 0.25) is 0 Å². The van der Waals surface area contributed by atoms with E-state index in [1.807, 2.05) is 0 Å². The van der Waals surface area contributed by atoms with Crippen LogP contribution in [0.25, 0.3) is 0 Å². The molecule has 2 aliphatic heterocycles. The Balaban J connectivity index is 1.41. The predicted octanol–water partition coefficient (Wildman–Crippen LogP) is 2.43. The highest BCUT2D eigenvalue weighted by Gasteiger charge is 2.30. The fraction of sp³-hybridized carbons (Fsp3) is 0.652. The molecule has 2 fully saturated rings. The van der Waals surface area contributed by atoms with Crippen molar-refractivity contribution in [1.29, 1.82) is 0 Å². The van der Waals surface area contributed by atoms with Gasteiger partial charge in [-0.1, -0.05) is 6.42 Å². The molecule has 1 aromatic rings. The van der Waals surface area contributed by atoms with Crippen molar-refractivity contribution in [2.24, 2.45) is 5.92 Å². The number of piperidine rings is 2. The zero-order chi connectivity index (χ0) is 23.1. The molecule has 0 spiro atoms. The molecule has 1 atom stereocenters. The Labute approximate surface area is 191 Å². The van der Waals surface area contributed by atoms with E-state index in [0.29, 0.717) is 50.6 Å². The molecule has 2 amide bonds. The molecular weight excluding hydrogens is 428 g/mol. The predicted molar refractivity (Wildman–Crippen MR) is 125 cm³/mol. The van der Waals surface area contributed by atoms with Gasteiger partial charge in [0.15, 0.2) is 0 Å². The first-order valence-electron chi connectivity index (χ1n) is 11.6. The highest BCUT2D eigenvalue weighted by atomic mass is 32.2. The first-order chi connectivity index (χ1) is 15.3. The first kappa shape index (κ1) is 24.7. The van der Waals surface area contributed by atoms with Gasteiger partial charge in [-0.2, -0.15) is 4.31 Å². The van der Waals surface area contributed by atoms with Crippen molar-refractivity contribution in [2.75, 3.05) is 38.0 Å². The van der Waals surface area contributed by atoms with Gasteiger partial charge in [0.2, 0.25) is 21.8 Å². The molecule has 0 bridgehead atoms. The van der Waals surface area contributed by atoms with Gasteiger partial charge in [-0.15, -0.1) is 0 Å². The molecule has 0 saturated carbocycles. The monoisotopic (exact) mass is 464 g/mol. The Morgan fingerprint density at radius 3 is 2.34 bits per heavy atom. The van der Waals surface area contributed by atoms with E-state index in [2.05, 4.69) is 22.5 Å². The number of sulfonamides is 1. The summed E-state index contributed by atoms with van der Waals surface area (Å²) in [4.78, 5) is 26.1. The lowest BCUT2D eigenvalue weighted by Crippen LogP contribution is -2.43. The number of hydrogen-bond acceptors (Lipinski definition) is 5. The fourth-order valence-corrected chi connectivity index (χ4v) is 6.05. The molecule has 2 saturated heterocycles. The molecule has 32 heavy (non-hydrogen) atoms. The van der Waals surface area contributed by atoms with E-state index in [9.17, 15) is 18.0 Å². The maximum absolute atomic E-state index is 12.9. The van der Waals surface area contributed by atoms with Gasteiger partial charge in [-0.25, -0.2) is 8.42 Å². The maximum atomic E-state index is 12.9. The standard InChI is InChI=1S/C23H36N4O4S/c1-18-5-3-4-13-26(18)16-12-24-23(29)17-20-10-14-27(15-11-20)32(30,31)22-8-6-21(7-9-22)25-19(2)28/h6-9,18,20H,3-5,10-17H2,1-2H3,(H,24,29)(H,25,28). The Morgan fingerprint density at radius 2 is 1.72 bits per heavy atom. The van der Waals surface area contributed by atoms with E-state index in [-0.39, 0.29) is 22.6 Å². The summed E-state index contributed by atoms with van der Waals surface area (Å²) in [5, 5.41) is 5.68. The molecule has 8 nitrogen and oxygen atoms in total. The van der Waals surface area contributed by atoms with Crippen LogP contribution in [0.1, 0.15) is 52.4 Å². The number of likely N-dealkylation sites (tertiary alicyclic amines) is 1. The van der Waals surface area contributed by atoms with Crippen LogP contribution >= 0.6 is 0 Å². The summed E-state index contributed by atoms with van der Waals surface area (Å²) in [6, 6.07) is 6.81. The van der Waals surface area contributed by atoms with Gasteiger partial charge in [0.25, 0.3) is 0 Å². The summed E-state index contributed by atoms with van der Waals surface area (Å²) in [6.07, 6.45) is 5.57. The summed E-state index contributed by atoms with van der Waals surface area (Å²) in [7, 11) is -3.58. The number of amides is 2. The molecule has 2 aliphatic rings. The van der Waals surface area contributed by atoms with Crippen molar-refractivity contribution < 1.29 is 18.0 Å². The molecule has 1 unspecified atom stereocenters. The van der Waals surface area contributed by atoms with Crippen molar-refractivity contribution >= 4 is 27.5 Å². The third-order valence-corrected chi connectivity index (χ3v) is 8.43. The second-order valence-electron chi connectivity index (χ2n) is 8.99. The summed E-state index contributed by atoms with van der Waals surface area (Å²) in [5.74, 6) is 0.0646. The molecule has 9 heteroatoms. The number of carbonyl (C=O) groups is 2.